The van der Waals surface area contributed by atoms with Crippen LogP contribution in [0, 0.1) is 5.92 Å². The number of hydrogen-bond donors (Lipinski definition) is 1. The maximum Gasteiger partial charge on any atom is 0.416 e. The van der Waals surface area contributed by atoms with Crippen LogP contribution in [0.1, 0.15) is 25.8 Å². The average molecular weight is 274 g/mol. The molecule has 0 saturated carbocycles. The van der Waals surface area contributed by atoms with E-state index >= 15 is 0 Å². The summed E-state index contributed by atoms with van der Waals surface area (Å²) >= 11 is 0. The molecular weight excluding hydrogens is 257 g/mol. The summed E-state index contributed by atoms with van der Waals surface area (Å²) in [5.74, 6) is 0.301. The van der Waals surface area contributed by atoms with Crippen LogP contribution in [0.4, 0.5) is 19.0 Å². The Hall–Kier alpha value is -1.30. The molecule has 6 heteroatoms. The predicted octanol–water partition coefficient (Wildman–Crippen LogP) is 2.70. The number of anilines is 1. The highest BCUT2D eigenvalue weighted by Crippen LogP contribution is 2.33. The molecule has 1 N–H and O–H groups in total. The first kappa shape index (κ1) is 14.1. The van der Waals surface area contributed by atoms with Gasteiger partial charge in [-0.15, -0.1) is 0 Å². The van der Waals surface area contributed by atoms with Gasteiger partial charge in [0.1, 0.15) is 5.82 Å². The number of aliphatic hydroxyl groups is 1. The second-order valence-corrected chi connectivity index (χ2v) is 5.35. The largest absolute Gasteiger partial charge is 0.416 e. The second-order valence-electron chi connectivity index (χ2n) is 5.35. The minimum absolute atomic E-state index is 0.0161. The van der Waals surface area contributed by atoms with Crippen molar-refractivity contribution in [2.75, 3.05) is 18.0 Å². The molecule has 106 valence electrons. The lowest BCUT2D eigenvalue weighted by atomic mass is 9.84. The Bertz CT molecular complexity index is 459. The molecule has 2 atom stereocenters. The maximum absolute atomic E-state index is 12.6. The van der Waals surface area contributed by atoms with E-state index in [1.807, 2.05) is 6.92 Å². The lowest BCUT2D eigenvalue weighted by Crippen LogP contribution is -2.49. The normalized spacial score (nSPS) is 28.5. The fraction of sp³-hybridized carbons (Fsp3) is 0.615. The van der Waals surface area contributed by atoms with Crippen molar-refractivity contribution in [2.24, 2.45) is 5.92 Å². The van der Waals surface area contributed by atoms with E-state index in [4.69, 9.17) is 0 Å². The molecule has 1 aliphatic rings. The maximum atomic E-state index is 12.6. The Morgan fingerprint density at radius 2 is 2.16 bits per heavy atom. The second kappa shape index (κ2) is 4.67. The van der Waals surface area contributed by atoms with Crippen molar-refractivity contribution in [2.45, 2.75) is 32.0 Å². The molecule has 0 amide bonds. The number of nitrogens with zero attached hydrogens (tertiary/aromatic N) is 2. The summed E-state index contributed by atoms with van der Waals surface area (Å²) in [7, 11) is 0. The minimum Gasteiger partial charge on any atom is -0.390 e. The number of aromatic nitrogens is 1. The third kappa shape index (κ3) is 3.00. The number of hydrogen-bond acceptors (Lipinski definition) is 3. The van der Waals surface area contributed by atoms with Gasteiger partial charge in [0, 0.05) is 25.2 Å². The van der Waals surface area contributed by atoms with E-state index in [1.165, 1.54) is 6.20 Å². The van der Waals surface area contributed by atoms with Gasteiger partial charge in [0.05, 0.1) is 11.2 Å². The van der Waals surface area contributed by atoms with E-state index < -0.39 is 17.3 Å². The van der Waals surface area contributed by atoms with Gasteiger partial charge in [0.2, 0.25) is 0 Å². The van der Waals surface area contributed by atoms with Gasteiger partial charge in [-0.1, -0.05) is 6.92 Å². The summed E-state index contributed by atoms with van der Waals surface area (Å²) in [5.41, 5.74) is -1.46. The van der Waals surface area contributed by atoms with Gasteiger partial charge in [-0.2, -0.15) is 13.2 Å². The van der Waals surface area contributed by atoms with Crippen LogP contribution in [-0.4, -0.2) is 28.8 Å². The smallest absolute Gasteiger partial charge is 0.390 e. The van der Waals surface area contributed by atoms with Crippen molar-refractivity contribution in [3.63, 3.8) is 0 Å². The monoisotopic (exact) mass is 274 g/mol. The van der Waals surface area contributed by atoms with Gasteiger partial charge in [0.25, 0.3) is 0 Å². The fourth-order valence-corrected chi connectivity index (χ4v) is 2.20. The first-order valence-corrected chi connectivity index (χ1v) is 6.21. The highest BCUT2D eigenvalue weighted by atomic mass is 19.4. The van der Waals surface area contributed by atoms with Gasteiger partial charge in [-0.25, -0.2) is 4.98 Å². The van der Waals surface area contributed by atoms with Crippen LogP contribution in [0.15, 0.2) is 18.3 Å². The van der Waals surface area contributed by atoms with Crippen molar-refractivity contribution in [3.8, 4) is 0 Å². The lowest BCUT2D eigenvalue weighted by Gasteiger charge is -2.41. The fourth-order valence-electron chi connectivity index (χ4n) is 2.20. The summed E-state index contributed by atoms with van der Waals surface area (Å²) in [4.78, 5) is 5.79. The standard InChI is InChI=1S/C13H17F3N2O/c1-9-8-18(6-4-12(9,2)19)11-7-10(3-5-17-11)13(14,15)16/h3,5,7,9,19H,4,6,8H2,1-2H3/t9-,12+/m1/s1. The summed E-state index contributed by atoms with van der Waals surface area (Å²) in [6.07, 6.45) is -2.66. The third-order valence-corrected chi connectivity index (χ3v) is 3.84. The number of rotatable bonds is 1. The Labute approximate surface area is 110 Å². The van der Waals surface area contributed by atoms with E-state index in [9.17, 15) is 18.3 Å². The zero-order valence-electron chi connectivity index (χ0n) is 10.9. The van der Waals surface area contributed by atoms with Crippen molar-refractivity contribution in [3.05, 3.63) is 23.9 Å². The van der Waals surface area contributed by atoms with Gasteiger partial charge in [0.15, 0.2) is 0 Å². The van der Waals surface area contributed by atoms with Crippen LogP contribution in [0.2, 0.25) is 0 Å². The third-order valence-electron chi connectivity index (χ3n) is 3.84. The molecule has 0 bridgehead atoms. The predicted molar refractivity (Wildman–Crippen MR) is 65.9 cm³/mol. The molecule has 1 aromatic rings. The molecule has 2 heterocycles. The average Bonchev–Trinajstić information content (AvgIpc) is 2.32. The minimum atomic E-state index is -4.36. The molecule has 19 heavy (non-hydrogen) atoms. The van der Waals surface area contributed by atoms with Crippen LogP contribution in [0.3, 0.4) is 0 Å². The molecular formula is C13H17F3N2O. The molecule has 0 unspecified atom stereocenters. The SMILES string of the molecule is C[C@@H]1CN(c2cc(C(F)(F)F)ccn2)CC[C@]1(C)O. The first-order chi connectivity index (χ1) is 8.70. The Morgan fingerprint density at radius 1 is 1.47 bits per heavy atom. The molecule has 0 aliphatic carbocycles. The van der Waals surface area contributed by atoms with Gasteiger partial charge >= 0.3 is 6.18 Å². The Balaban J connectivity index is 2.20. The Kier molecular flexibility index (Phi) is 3.47. The van der Waals surface area contributed by atoms with E-state index in [1.54, 1.807) is 11.8 Å². The van der Waals surface area contributed by atoms with Crippen LogP contribution >= 0.6 is 0 Å². The van der Waals surface area contributed by atoms with Gasteiger partial charge in [-0.05, 0) is 25.5 Å². The van der Waals surface area contributed by atoms with Crippen molar-refractivity contribution < 1.29 is 18.3 Å². The quantitative estimate of drug-likeness (QED) is 0.855. The van der Waals surface area contributed by atoms with E-state index in [0.29, 0.717) is 25.3 Å². The summed E-state index contributed by atoms with van der Waals surface area (Å²) in [6, 6.07) is 2.03. The zero-order chi connectivity index (χ0) is 14.3. The van der Waals surface area contributed by atoms with E-state index in [0.717, 1.165) is 12.1 Å². The van der Waals surface area contributed by atoms with Crippen LogP contribution < -0.4 is 4.90 Å². The Morgan fingerprint density at radius 3 is 2.74 bits per heavy atom. The first-order valence-electron chi connectivity index (χ1n) is 6.21. The highest BCUT2D eigenvalue weighted by Gasteiger charge is 2.36. The van der Waals surface area contributed by atoms with Crippen LogP contribution in [-0.2, 0) is 6.18 Å². The number of pyridine rings is 1. The van der Waals surface area contributed by atoms with Gasteiger partial charge in [-0.3, -0.25) is 0 Å². The molecule has 0 aromatic carbocycles. The van der Waals surface area contributed by atoms with Crippen molar-refractivity contribution in [1.82, 2.24) is 4.98 Å². The molecule has 1 fully saturated rings. The van der Waals surface area contributed by atoms with E-state index in [2.05, 4.69) is 4.98 Å². The molecule has 0 radical (unpaired) electrons. The lowest BCUT2D eigenvalue weighted by molar-refractivity contribution is -0.137. The molecule has 1 aliphatic heterocycles. The van der Waals surface area contributed by atoms with Crippen molar-refractivity contribution in [1.29, 1.82) is 0 Å². The van der Waals surface area contributed by atoms with Crippen LogP contribution in [0.25, 0.3) is 0 Å². The van der Waals surface area contributed by atoms with Crippen molar-refractivity contribution >= 4 is 5.82 Å². The number of halogens is 3. The number of alkyl halides is 3. The number of piperidine rings is 1. The molecule has 3 nitrogen and oxygen atoms in total. The zero-order valence-corrected chi connectivity index (χ0v) is 10.9. The topological polar surface area (TPSA) is 36.4 Å². The van der Waals surface area contributed by atoms with Crippen LogP contribution in [0.5, 0.6) is 0 Å². The summed E-state index contributed by atoms with van der Waals surface area (Å²) in [6.45, 7) is 4.65. The molecule has 1 saturated heterocycles. The molecule has 1 aromatic heterocycles. The van der Waals surface area contributed by atoms with E-state index in [-0.39, 0.29) is 5.92 Å². The van der Waals surface area contributed by atoms with Gasteiger partial charge < -0.3 is 10.0 Å². The summed E-state index contributed by atoms with van der Waals surface area (Å²) in [5, 5.41) is 10.1. The highest BCUT2D eigenvalue weighted by molar-refractivity contribution is 5.42. The summed E-state index contributed by atoms with van der Waals surface area (Å²) < 4.78 is 37.9. The molecule has 0 spiro atoms. The molecule has 2 rings (SSSR count).